The Morgan fingerprint density at radius 3 is 2.68 bits per heavy atom. The minimum atomic E-state index is -0.761. The highest BCUT2D eigenvalue weighted by molar-refractivity contribution is 5.84. The molecular formula is C23H34N6O2. The van der Waals surface area contributed by atoms with Crippen molar-refractivity contribution in [1.82, 2.24) is 19.5 Å². The Balaban J connectivity index is 1.87. The number of hydrogen-bond acceptors (Lipinski definition) is 7. The van der Waals surface area contributed by atoms with E-state index >= 15 is 0 Å². The second kappa shape index (κ2) is 9.96. The first-order chi connectivity index (χ1) is 14.8. The second-order valence-corrected chi connectivity index (χ2v) is 8.64. The van der Waals surface area contributed by atoms with Crippen molar-refractivity contribution in [2.75, 3.05) is 17.2 Å². The van der Waals surface area contributed by atoms with Crippen molar-refractivity contribution < 1.29 is 10.2 Å². The zero-order valence-electron chi connectivity index (χ0n) is 18.9. The summed E-state index contributed by atoms with van der Waals surface area (Å²) < 4.78 is 2.06. The third-order valence-electron chi connectivity index (χ3n) is 5.25. The number of benzene rings is 1. The van der Waals surface area contributed by atoms with E-state index in [0.717, 1.165) is 42.6 Å². The molecule has 2 heterocycles. The highest BCUT2D eigenvalue weighted by atomic mass is 16.3. The Hall–Kier alpha value is -2.87. The Morgan fingerprint density at radius 2 is 1.94 bits per heavy atom. The molecule has 4 N–H and O–H groups in total. The van der Waals surface area contributed by atoms with Crippen LogP contribution in [0.5, 0.6) is 5.75 Å². The molecule has 0 bridgehead atoms. The third-order valence-corrected chi connectivity index (χ3v) is 5.25. The molecule has 0 atom stereocenters. The van der Waals surface area contributed by atoms with Gasteiger partial charge in [0.15, 0.2) is 17.0 Å². The molecule has 0 aliphatic rings. The predicted molar refractivity (Wildman–Crippen MR) is 124 cm³/mol. The largest absolute Gasteiger partial charge is 0.507 e. The molecule has 8 nitrogen and oxygen atoms in total. The number of phenols is 1. The molecule has 0 aliphatic heterocycles. The van der Waals surface area contributed by atoms with Crippen LogP contribution < -0.4 is 10.6 Å². The van der Waals surface area contributed by atoms with Crippen LogP contribution in [0.1, 0.15) is 57.6 Å². The highest BCUT2D eigenvalue weighted by Gasteiger charge is 2.16. The van der Waals surface area contributed by atoms with Crippen molar-refractivity contribution in [1.29, 1.82) is 0 Å². The number of imidazole rings is 1. The molecule has 0 saturated heterocycles. The van der Waals surface area contributed by atoms with Gasteiger partial charge in [-0.1, -0.05) is 38.0 Å². The molecule has 3 aromatic rings. The topological polar surface area (TPSA) is 108 Å². The van der Waals surface area contributed by atoms with Crippen molar-refractivity contribution in [3.05, 3.63) is 35.7 Å². The summed E-state index contributed by atoms with van der Waals surface area (Å²) in [5.41, 5.74) is 2.35. The molecule has 2 aromatic heterocycles. The molecule has 0 spiro atoms. The van der Waals surface area contributed by atoms with Crippen LogP contribution in [0, 0.1) is 6.92 Å². The average molecular weight is 427 g/mol. The fraction of sp³-hybridized carbons (Fsp3) is 0.522. The standard InChI is InChI=1S/C23H34N6O2/c1-5-6-7-13-29-15-26-18-20(25-14-17-10-8-9-16(2)19(17)30)27-22(28-21(18)29)24-12-11-23(3,4)31/h8-10,15,30-31H,5-7,11-14H2,1-4H3,(H2,24,25,27,28). The van der Waals surface area contributed by atoms with Crippen molar-refractivity contribution in [3.8, 4) is 5.75 Å². The summed E-state index contributed by atoms with van der Waals surface area (Å²) in [5.74, 6) is 1.39. The molecule has 0 aliphatic carbocycles. The van der Waals surface area contributed by atoms with Crippen LogP contribution in [0.4, 0.5) is 11.8 Å². The van der Waals surface area contributed by atoms with Gasteiger partial charge < -0.3 is 25.4 Å². The number of rotatable bonds is 11. The van der Waals surface area contributed by atoms with Crippen LogP contribution in [-0.4, -0.2) is 41.9 Å². The summed E-state index contributed by atoms with van der Waals surface area (Å²) in [6, 6.07) is 5.69. The van der Waals surface area contributed by atoms with E-state index in [-0.39, 0.29) is 5.75 Å². The number of aromatic hydroxyl groups is 1. The molecule has 0 fully saturated rings. The lowest BCUT2D eigenvalue weighted by Crippen LogP contribution is -2.23. The van der Waals surface area contributed by atoms with Crippen LogP contribution in [0.15, 0.2) is 24.5 Å². The monoisotopic (exact) mass is 426 g/mol. The van der Waals surface area contributed by atoms with E-state index in [9.17, 15) is 10.2 Å². The van der Waals surface area contributed by atoms with Gasteiger partial charge in [0.05, 0.1) is 11.9 Å². The fourth-order valence-electron chi connectivity index (χ4n) is 3.36. The van der Waals surface area contributed by atoms with Gasteiger partial charge in [-0.15, -0.1) is 0 Å². The number of hydrogen-bond donors (Lipinski definition) is 4. The molecule has 31 heavy (non-hydrogen) atoms. The molecule has 0 amide bonds. The van der Waals surface area contributed by atoms with Crippen molar-refractivity contribution in [2.24, 2.45) is 0 Å². The molecule has 3 rings (SSSR count). The van der Waals surface area contributed by atoms with Gasteiger partial charge in [0.2, 0.25) is 5.95 Å². The van der Waals surface area contributed by atoms with Crippen LogP contribution in [-0.2, 0) is 13.1 Å². The van der Waals surface area contributed by atoms with Gasteiger partial charge in [0.25, 0.3) is 0 Å². The molecule has 0 saturated carbocycles. The van der Waals surface area contributed by atoms with Crippen molar-refractivity contribution in [3.63, 3.8) is 0 Å². The zero-order valence-corrected chi connectivity index (χ0v) is 18.9. The number of nitrogens with zero attached hydrogens (tertiary/aromatic N) is 4. The first-order valence-corrected chi connectivity index (χ1v) is 11.0. The quantitative estimate of drug-likeness (QED) is 0.340. The van der Waals surface area contributed by atoms with E-state index in [4.69, 9.17) is 0 Å². The van der Waals surface area contributed by atoms with Crippen molar-refractivity contribution >= 4 is 22.9 Å². The molecule has 8 heteroatoms. The van der Waals surface area contributed by atoms with Gasteiger partial charge in [0, 0.05) is 25.2 Å². The normalized spacial score (nSPS) is 11.8. The maximum Gasteiger partial charge on any atom is 0.226 e. The first-order valence-electron chi connectivity index (χ1n) is 11.0. The maximum absolute atomic E-state index is 10.3. The van der Waals surface area contributed by atoms with Gasteiger partial charge in [-0.05, 0) is 39.2 Å². The Labute approximate surface area is 183 Å². The minimum Gasteiger partial charge on any atom is -0.507 e. The van der Waals surface area contributed by atoms with E-state index in [2.05, 4.69) is 37.1 Å². The Bertz CT molecular complexity index is 1010. The first kappa shape index (κ1) is 22.8. The van der Waals surface area contributed by atoms with E-state index in [1.807, 2.05) is 31.5 Å². The van der Waals surface area contributed by atoms with Gasteiger partial charge >= 0.3 is 0 Å². The SMILES string of the molecule is CCCCCn1cnc2c(NCc3cccc(C)c3O)nc(NCCC(C)(C)O)nc21. The highest BCUT2D eigenvalue weighted by Crippen LogP contribution is 2.25. The van der Waals surface area contributed by atoms with Crippen LogP contribution in [0.25, 0.3) is 11.2 Å². The van der Waals surface area contributed by atoms with Crippen LogP contribution >= 0.6 is 0 Å². The molecular weight excluding hydrogens is 392 g/mol. The van der Waals surface area contributed by atoms with Crippen LogP contribution in [0.3, 0.4) is 0 Å². The van der Waals surface area contributed by atoms with E-state index in [1.54, 1.807) is 13.8 Å². The van der Waals surface area contributed by atoms with Gasteiger partial charge in [-0.25, -0.2) is 4.98 Å². The predicted octanol–water partition coefficient (Wildman–Crippen LogP) is 4.22. The Morgan fingerprint density at radius 1 is 1.13 bits per heavy atom. The Kier molecular flexibility index (Phi) is 7.33. The van der Waals surface area contributed by atoms with E-state index < -0.39 is 5.60 Å². The number of para-hydroxylation sites is 1. The summed E-state index contributed by atoms with van der Waals surface area (Å²) in [4.78, 5) is 13.9. The van der Waals surface area contributed by atoms with E-state index in [1.165, 1.54) is 0 Å². The number of phenolic OH excluding ortho intramolecular Hbond substituents is 1. The number of nitrogens with one attached hydrogen (secondary N) is 2. The smallest absolute Gasteiger partial charge is 0.226 e. The number of fused-ring (bicyclic) bond motifs is 1. The summed E-state index contributed by atoms with van der Waals surface area (Å²) in [6.07, 6.45) is 5.75. The summed E-state index contributed by atoms with van der Waals surface area (Å²) >= 11 is 0. The average Bonchev–Trinajstić information content (AvgIpc) is 3.11. The van der Waals surface area contributed by atoms with E-state index in [0.29, 0.717) is 36.8 Å². The molecule has 0 unspecified atom stereocenters. The number of aromatic nitrogens is 4. The lowest BCUT2D eigenvalue weighted by atomic mass is 10.1. The molecule has 168 valence electrons. The zero-order chi connectivity index (χ0) is 22.4. The second-order valence-electron chi connectivity index (χ2n) is 8.64. The van der Waals surface area contributed by atoms with Gasteiger partial charge in [-0.3, -0.25) is 0 Å². The number of aliphatic hydroxyl groups is 1. The minimum absolute atomic E-state index is 0.286. The lowest BCUT2D eigenvalue weighted by molar-refractivity contribution is 0.0748. The maximum atomic E-state index is 10.3. The summed E-state index contributed by atoms with van der Waals surface area (Å²) in [7, 11) is 0. The van der Waals surface area contributed by atoms with Gasteiger partial charge in [-0.2, -0.15) is 9.97 Å². The summed E-state index contributed by atoms with van der Waals surface area (Å²) in [5, 5.41) is 26.9. The number of anilines is 2. The summed E-state index contributed by atoms with van der Waals surface area (Å²) in [6.45, 7) is 9.45. The molecule has 0 radical (unpaired) electrons. The number of unbranched alkanes of at least 4 members (excludes halogenated alkanes) is 2. The lowest BCUT2D eigenvalue weighted by Gasteiger charge is -2.17. The number of aryl methyl sites for hydroxylation is 2. The molecule has 1 aromatic carbocycles. The van der Waals surface area contributed by atoms with Crippen molar-refractivity contribution in [2.45, 2.75) is 72.1 Å². The van der Waals surface area contributed by atoms with Gasteiger partial charge in [0.1, 0.15) is 5.75 Å². The third kappa shape index (κ3) is 6.07. The fourth-order valence-corrected chi connectivity index (χ4v) is 3.36. The van der Waals surface area contributed by atoms with Crippen LogP contribution in [0.2, 0.25) is 0 Å².